The molecule has 14 heteroatoms. The van der Waals surface area contributed by atoms with Crippen LogP contribution in [0.25, 0.3) is 0 Å². The van der Waals surface area contributed by atoms with Crippen molar-refractivity contribution in [3.63, 3.8) is 0 Å². The zero-order chi connectivity index (χ0) is 61.6. The summed E-state index contributed by atoms with van der Waals surface area (Å²) in [6.45, 7) is 2.66. The largest absolute Gasteiger partial charge is 0.394 e. The van der Waals surface area contributed by atoms with Crippen molar-refractivity contribution in [1.82, 2.24) is 5.32 Å². The molecule has 0 aromatic rings. The lowest BCUT2D eigenvalue weighted by Crippen LogP contribution is -2.65. The third kappa shape index (κ3) is 39.3. The van der Waals surface area contributed by atoms with Gasteiger partial charge in [0.25, 0.3) is 0 Å². The monoisotopic (exact) mass is 1200 g/mol. The maximum absolute atomic E-state index is 13.3. The summed E-state index contributed by atoms with van der Waals surface area (Å²) in [7, 11) is 0. The number of rotatable bonds is 53. The first-order valence-corrected chi connectivity index (χ1v) is 33.6. The summed E-state index contributed by atoms with van der Waals surface area (Å²) in [5, 5.41) is 87.3. The van der Waals surface area contributed by atoms with Gasteiger partial charge in [0.05, 0.1) is 32.0 Å². The molecule has 0 radical (unpaired) electrons. The van der Waals surface area contributed by atoms with E-state index in [-0.39, 0.29) is 18.9 Å². The van der Waals surface area contributed by atoms with Crippen molar-refractivity contribution in [2.24, 2.45) is 0 Å². The highest BCUT2D eigenvalue weighted by molar-refractivity contribution is 5.76. The standard InChI is InChI=1S/C71H121NO13/c1-3-5-7-9-11-13-15-17-19-21-23-25-26-27-28-29-30-31-32-33-34-35-37-39-41-43-45-47-49-51-53-55-63(76)72-59(60(75)54-52-50-48-46-44-42-40-38-36-24-22-20-18-16-14-12-10-8-6-4-2)58-82-70-68(81)66(79)69(62(57-74)84-70)85-71-67(80)65(78)64(77)61(56-73)83-71/h5,7,11,13,17,19,23,25,27-28,30-31,36,38,44,46,52,54,59-62,64-71,73-75,77-81H,3-4,6,8-10,12,14-16,18,20-22,24,26,29,32-35,37,39-43,45,47-51,53,55-58H2,1-2H3,(H,72,76)/b7-5-,13-11-,19-17-,25-23-,28-27-,31-30-,38-36+,46-44+,54-52+. The summed E-state index contributed by atoms with van der Waals surface area (Å²) in [6, 6.07) is -0.947. The molecule has 0 aromatic carbocycles. The molecule has 14 nitrogen and oxygen atoms in total. The van der Waals surface area contributed by atoms with Crippen molar-refractivity contribution < 1.29 is 64.6 Å². The lowest BCUT2D eigenvalue weighted by molar-refractivity contribution is -0.359. The Morgan fingerprint density at radius 2 is 0.824 bits per heavy atom. The first kappa shape index (κ1) is 77.7. The average molecular weight is 1200 g/mol. The van der Waals surface area contributed by atoms with Gasteiger partial charge >= 0.3 is 0 Å². The summed E-state index contributed by atoms with van der Waals surface area (Å²) in [4.78, 5) is 13.3. The van der Waals surface area contributed by atoms with Crippen molar-refractivity contribution in [3.05, 3.63) is 109 Å². The number of carbonyl (C=O) groups is 1. The molecular formula is C71H121NO13. The highest BCUT2D eigenvalue weighted by Crippen LogP contribution is 2.30. The second-order valence-corrected chi connectivity index (χ2v) is 23.2. The molecule has 0 bridgehead atoms. The van der Waals surface area contributed by atoms with Crippen molar-refractivity contribution in [2.75, 3.05) is 19.8 Å². The molecule has 2 aliphatic heterocycles. The number of hydrogen-bond donors (Lipinski definition) is 9. The number of amides is 1. The van der Waals surface area contributed by atoms with E-state index in [1.807, 2.05) is 6.08 Å². The molecule has 9 N–H and O–H groups in total. The van der Waals surface area contributed by atoms with Crippen LogP contribution in [-0.4, -0.2) is 140 Å². The molecule has 1 amide bonds. The van der Waals surface area contributed by atoms with E-state index < -0.39 is 86.8 Å². The molecule has 0 saturated carbocycles. The quantitative estimate of drug-likeness (QED) is 0.0204. The van der Waals surface area contributed by atoms with Crippen LogP contribution in [0.4, 0.5) is 0 Å². The van der Waals surface area contributed by atoms with Gasteiger partial charge in [0.1, 0.15) is 48.8 Å². The van der Waals surface area contributed by atoms with Gasteiger partial charge in [-0.25, -0.2) is 0 Å². The molecule has 488 valence electrons. The van der Waals surface area contributed by atoms with Gasteiger partial charge in [-0.3, -0.25) is 4.79 Å². The number of ether oxygens (including phenoxy) is 4. The number of allylic oxidation sites excluding steroid dienone is 17. The van der Waals surface area contributed by atoms with Gasteiger partial charge in [-0.05, 0) is 96.3 Å². The van der Waals surface area contributed by atoms with Gasteiger partial charge in [0, 0.05) is 6.42 Å². The SMILES string of the molecule is CC/C=C\C/C=C\C/C=C\C/C=C\C/C=C\C/C=C\CCCCCCCCCCCCCCC(=O)NC(COC1OC(CO)C(OC2OC(CO)C(O)C(O)C2O)C(O)C1O)C(O)/C=C/CC/C=C/CC/C=C/CCCCCCCCCCCC. The van der Waals surface area contributed by atoms with E-state index >= 15 is 0 Å². The predicted octanol–water partition coefficient (Wildman–Crippen LogP) is 13.2. The summed E-state index contributed by atoms with van der Waals surface area (Å²) >= 11 is 0. The van der Waals surface area contributed by atoms with Crippen LogP contribution in [0.2, 0.25) is 0 Å². The molecule has 0 aliphatic carbocycles. The van der Waals surface area contributed by atoms with E-state index in [2.05, 4.69) is 116 Å². The Kier molecular flexibility index (Phi) is 50.1. The number of carbonyl (C=O) groups excluding carboxylic acids is 1. The van der Waals surface area contributed by atoms with Gasteiger partial charge in [-0.2, -0.15) is 0 Å². The van der Waals surface area contributed by atoms with Crippen LogP contribution in [0.3, 0.4) is 0 Å². The minimum absolute atomic E-state index is 0.259. The Labute approximate surface area is 515 Å². The molecule has 2 fully saturated rings. The molecule has 85 heavy (non-hydrogen) atoms. The molecule has 0 aromatic heterocycles. The first-order chi connectivity index (χ1) is 41.6. The lowest BCUT2D eigenvalue weighted by atomic mass is 9.97. The van der Waals surface area contributed by atoms with E-state index in [4.69, 9.17) is 18.9 Å². The van der Waals surface area contributed by atoms with Crippen LogP contribution >= 0.6 is 0 Å². The van der Waals surface area contributed by atoms with Crippen LogP contribution in [0.5, 0.6) is 0 Å². The van der Waals surface area contributed by atoms with Gasteiger partial charge in [0.2, 0.25) is 5.91 Å². The van der Waals surface area contributed by atoms with Gasteiger partial charge in [-0.15, -0.1) is 0 Å². The molecule has 2 rings (SSSR count). The van der Waals surface area contributed by atoms with E-state index in [0.717, 1.165) is 89.9 Å². The molecule has 2 aliphatic rings. The van der Waals surface area contributed by atoms with Crippen LogP contribution < -0.4 is 5.32 Å². The van der Waals surface area contributed by atoms with E-state index in [9.17, 15) is 45.6 Å². The zero-order valence-electron chi connectivity index (χ0n) is 52.8. The molecule has 2 saturated heterocycles. The molecule has 0 spiro atoms. The number of aliphatic hydroxyl groups is 8. The number of nitrogens with one attached hydrogen (secondary N) is 1. The van der Waals surface area contributed by atoms with E-state index in [0.29, 0.717) is 12.8 Å². The van der Waals surface area contributed by atoms with Crippen molar-refractivity contribution in [2.45, 2.75) is 312 Å². The number of unbranched alkanes of at least 4 members (excludes halogenated alkanes) is 24. The van der Waals surface area contributed by atoms with E-state index in [1.54, 1.807) is 6.08 Å². The lowest BCUT2D eigenvalue weighted by Gasteiger charge is -2.46. The van der Waals surface area contributed by atoms with Crippen molar-refractivity contribution in [3.8, 4) is 0 Å². The third-order valence-corrected chi connectivity index (χ3v) is 15.7. The van der Waals surface area contributed by atoms with Crippen LogP contribution in [0.1, 0.15) is 239 Å². The fraction of sp³-hybridized carbons (Fsp3) is 0.732. The van der Waals surface area contributed by atoms with Crippen molar-refractivity contribution in [1.29, 1.82) is 0 Å². The fourth-order valence-electron chi connectivity index (χ4n) is 10.3. The Balaban J connectivity index is 1.71. The van der Waals surface area contributed by atoms with Gasteiger partial charge < -0.3 is 65.1 Å². The summed E-state index contributed by atoms with van der Waals surface area (Å²) in [6.07, 6.45) is 61.3. The van der Waals surface area contributed by atoms with Crippen LogP contribution in [0, 0.1) is 0 Å². The van der Waals surface area contributed by atoms with Gasteiger partial charge in [-0.1, -0.05) is 245 Å². The predicted molar refractivity (Wildman–Crippen MR) is 345 cm³/mol. The Morgan fingerprint density at radius 3 is 1.29 bits per heavy atom. The highest BCUT2D eigenvalue weighted by Gasteiger charge is 2.51. The Morgan fingerprint density at radius 1 is 0.435 bits per heavy atom. The minimum Gasteiger partial charge on any atom is -0.394 e. The molecular weight excluding hydrogens is 1070 g/mol. The smallest absolute Gasteiger partial charge is 0.220 e. The Hall–Kier alpha value is -3.35. The summed E-state index contributed by atoms with van der Waals surface area (Å²) < 4.78 is 22.8. The Bertz CT molecular complexity index is 1840. The van der Waals surface area contributed by atoms with Crippen LogP contribution in [0.15, 0.2) is 109 Å². The normalized spacial score (nSPS) is 24.3. The molecule has 12 unspecified atom stereocenters. The first-order valence-electron chi connectivity index (χ1n) is 33.6. The minimum atomic E-state index is -1.80. The molecule has 12 atom stereocenters. The third-order valence-electron chi connectivity index (χ3n) is 15.7. The van der Waals surface area contributed by atoms with E-state index in [1.165, 1.54) is 116 Å². The van der Waals surface area contributed by atoms with Crippen molar-refractivity contribution >= 4 is 5.91 Å². The number of hydrogen-bond acceptors (Lipinski definition) is 13. The highest BCUT2D eigenvalue weighted by atomic mass is 16.7. The zero-order valence-corrected chi connectivity index (χ0v) is 52.8. The maximum Gasteiger partial charge on any atom is 0.220 e. The van der Waals surface area contributed by atoms with Gasteiger partial charge in [0.15, 0.2) is 12.6 Å². The average Bonchev–Trinajstić information content (AvgIpc) is 3.68. The fourth-order valence-corrected chi connectivity index (χ4v) is 10.3. The maximum atomic E-state index is 13.3. The second-order valence-electron chi connectivity index (χ2n) is 23.2. The molecule has 2 heterocycles. The summed E-state index contributed by atoms with van der Waals surface area (Å²) in [5.41, 5.74) is 0. The van der Waals surface area contributed by atoms with Crippen LogP contribution in [-0.2, 0) is 23.7 Å². The topological polar surface area (TPSA) is 228 Å². The second kappa shape index (κ2) is 54.8. The summed E-state index contributed by atoms with van der Waals surface area (Å²) in [5.74, 6) is -0.259. The number of aliphatic hydroxyl groups excluding tert-OH is 8.